The number of amides is 1. The van der Waals surface area contributed by atoms with Crippen molar-refractivity contribution in [3.8, 4) is 0 Å². The van der Waals surface area contributed by atoms with E-state index in [9.17, 15) is 4.79 Å². The highest BCUT2D eigenvalue weighted by molar-refractivity contribution is 6.29. The van der Waals surface area contributed by atoms with Crippen LogP contribution >= 0.6 is 11.6 Å². The third-order valence-electron chi connectivity index (χ3n) is 2.54. The van der Waals surface area contributed by atoms with Crippen LogP contribution in [0.4, 0.5) is 0 Å². The van der Waals surface area contributed by atoms with Gasteiger partial charge in [-0.3, -0.25) is 9.78 Å². The van der Waals surface area contributed by atoms with Crippen LogP contribution in [0.1, 0.15) is 28.9 Å². The Labute approximate surface area is 110 Å². The molecule has 2 rings (SSSR count). The maximum Gasteiger partial charge on any atom is 0.251 e. The minimum absolute atomic E-state index is 0.0903. The third-order valence-corrected chi connectivity index (χ3v) is 2.75. The Hall–Kier alpha value is -1.94. The highest BCUT2D eigenvalue weighted by Crippen LogP contribution is 2.12. The molecule has 1 N–H and O–H groups in total. The minimum atomic E-state index is -0.177. The van der Waals surface area contributed by atoms with Gasteiger partial charge in [-0.1, -0.05) is 11.6 Å². The van der Waals surface area contributed by atoms with E-state index in [0.29, 0.717) is 10.7 Å². The molecule has 0 fully saturated rings. The van der Waals surface area contributed by atoms with Crippen LogP contribution in [0.15, 0.2) is 42.9 Å². The van der Waals surface area contributed by atoms with E-state index < -0.39 is 0 Å². The largest absolute Gasteiger partial charge is 0.346 e. The number of pyridine rings is 2. The first-order valence-electron chi connectivity index (χ1n) is 5.49. The van der Waals surface area contributed by atoms with Crippen LogP contribution in [-0.2, 0) is 0 Å². The molecule has 2 heterocycles. The fourth-order valence-corrected chi connectivity index (χ4v) is 1.73. The number of rotatable bonds is 3. The van der Waals surface area contributed by atoms with Crippen LogP contribution in [0.5, 0.6) is 0 Å². The average molecular weight is 262 g/mol. The predicted molar refractivity (Wildman–Crippen MR) is 69.4 cm³/mol. The van der Waals surface area contributed by atoms with E-state index in [4.69, 9.17) is 11.6 Å². The maximum atomic E-state index is 12.0. The summed E-state index contributed by atoms with van der Waals surface area (Å²) in [6.45, 7) is 1.91. The predicted octanol–water partition coefficient (Wildman–Crippen LogP) is 2.62. The number of hydrogen-bond donors (Lipinski definition) is 1. The van der Waals surface area contributed by atoms with Gasteiger partial charge in [0.05, 0.1) is 6.04 Å². The van der Waals surface area contributed by atoms with Crippen molar-refractivity contribution in [2.24, 2.45) is 0 Å². The number of nitrogens with one attached hydrogen (secondary N) is 1. The Morgan fingerprint density at radius 1 is 1.28 bits per heavy atom. The van der Waals surface area contributed by atoms with Gasteiger partial charge in [0.15, 0.2) is 0 Å². The highest BCUT2D eigenvalue weighted by Gasteiger charge is 2.11. The number of carbonyl (C=O) groups excluding carboxylic acids is 1. The van der Waals surface area contributed by atoms with Gasteiger partial charge in [-0.2, -0.15) is 0 Å². The third kappa shape index (κ3) is 3.05. The molecule has 1 atom stereocenters. The standard InChI is InChI=1S/C13H12ClN3O/c1-9(10-2-5-15-6-3-10)17-13(18)11-4-7-16-12(14)8-11/h2-9H,1H3,(H,17,18). The molecule has 2 aromatic rings. The average Bonchev–Trinajstić information content (AvgIpc) is 2.39. The molecule has 4 nitrogen and oxygen atoms in total. The van der Waals surface area contributed by atoms with E-state index >= 15 is 0 Å². The molecule has 5 heteroatoms. The zero-order valence-electron chi connectivity index (χ0n) is 9.80. The summed E-state index contributed by atoms with van der Waals surface area (Å²) >= 11 is 5.74. The summed E-state index contributed by atoms with van der Waals surface area (Å²) in [5.74, 6) is -0.177. The quantitative estimate of drug-likeness (QED) is 0.864. The lowest BCUT2D eigenvalue weighted by molar-refractivity contribution is 0.0940. The highest BCUT2D eigenvalue weighted by atomic mass is 35.5. The number of halogens is 1. The number of hydrogen-bond acceptors (Lipinski definition) is 3. The van der Waals surface area contributed by atoms with E-state index in [0.717, 1.165) is 5.56 Å². The second kappa shape index (κ2) is 5.60. The summed E-state index contributed by atoms with van der Waals surface area (Å²) in [5, 5.41) is 3.19. The van der Waals surface area contributed by atoms with Gasteiger partial charge in [0, 0.05) is 24.2 Å². The number of nitrogens with zero attached hydrogens (tertiary/aromatic N) is 2. The van der Waals surface area contributed by atoms with Gasteiger partial charge in [-0.05, 0) is 36.8 Å². The molecular formula is C13H12ClN3O. The Morgan fingerprint density at radius 3 is 2.67 bits per heavy atom. The van der Waals surface area contributed by atoms with Gasteiger partial charge in [0.1, 0.15) is 5.15 Å². The van der Waals surface area contributed by atoms with Gasteiger partial charge in [0.2, 0.25) is 0 Å². The van der Waals surface area contributed by atoms with Gasteiger partial charge in [0.25, 0.3) is 5.91 Å². The smallest absolute Gasteiger partial charge is 0.251 e. The molecule has 0 saturated heterocycles. The molecular weight excluding hydrogens is 250 g/mol. The van der Waals surface area contributed by atoms with Gasteiger partial charge in [-0.25, -0.2) is 4.98 Å². The lowest BCUT2D eigenvalue weighted by Crippen LogP contribution is -2.26. The van der Waals surface area contributed by atoms with Crippen molar-refractivity contribution >= 4 is 17.5 Å². The van der Waals surface area contributed by atoms with Crippen LogP contribution < -0.4 is 5.32 Å². The van der Waals surface area contributed by atoms with Crippen molar-refractivity contribution in [3.63, 3.8) is 0 Å². The molecule has 0 aliphatic rings. The summed E-state index contributed by atoms with van der Waals surface area (Å²) in [7, 11) is 0. The van der Waals surface area contributed by atoms with E-state index in [1.54, 1.807) is 18.5 Å². The molecule has 0 radical (unpaired) electrons. The van der Waals surface area contributed by atoms with Crippen molar-refractivity contribution in [2.45, 2.75) is 13.0 Å². The van der Waals surface area contributed by atoms with Crippen molar-refractivity contribution in [3.05, 3.63) is 59.1 Å². The Bertz CT molecular complexity index is 545. The van der Waals surface area contributed by atoms with E-state index in [1.807, 2.05) is 19.1 Å². The normalized spacial score (nSPS) is 11.9. The molecule has 0 saturated carbocycles. The summed E-state index contributed by atoms with van der Waals surface area (Å²) in [4.78, 5) is 19.7. The van der Waals surface area contributed by atoms with Gasteiger partial charge >= 0.3 is 0 Å². The lowest BCUT2D eigenvalue weighted by Gasteiger charge is -2.14. The van der Waals surface area contributed by atoms with Crippen LogP contribution in [0, 0.1) is 0 Å². The molecule has 1 unspecified atom stereocenters. The monoisotopic (exact) mass is 261 g/mol. The fraction of sp³-hybridized carbons (Fsp3) is 0.154. The van der Waals surface area contributed by atoms with Crippen molar-refractivity contribution in [2.75, 3.05) is 0 Å². The second-order valence-corrected chi connectivity index (χ2v) is 4.23. The summed E-state index contributed by atoms with van der Waals surface area (Å²) in [5.41, 5.74) is 1.49. The van der Waals surface area contributed by atoms with E-state index in [-0.39, 0.29) is 11.9 Å². The van der Waals surface area contributed by atoms with Gasteiger partial charge in [-0.15, -0.1) is 0 Å². The molecule has 2 aromatic heterocycles. The van der Waals surface area contributed by atoms with Crippen molar-refractivity contribution in [1.82, 2.24) is 15.3 Å². The van der Waals surface area contributed by atoms with Crippen molar-refractivity contribution < 1.29 is 4.79 Å². The SMILES string of the molecule is CC(NC(=O)c1ccnc(Cl)c1)c1ccncc1. The first-order chi connectivity index (χ1) is 8.66. The molecule has 18 heavy (non-hydrogen) atoms. The summed E-state index contributed by atoms with van der Waals surface area (Å²) in [6.07, 6.45) is 4.90. The fourth-order valence-electron chi connectivity index (χ4n) is 1.56. The zero-order chi connectivity index (χ0) is 13.0. The van der Waals surface area contributed by atoms with Gasteiger partial charge < -0.3 is 5.32 Å². The first-order valence-corrected chi connectivity index (χ1v) is 5.87. The molecule has 0 bridgehead atoms. The summed E-state index contributed by atoms with van der Waals surface area (Å²) in [6, 6.07) is 6.80. The second-order valence-electron chi connectivity index (χ2n) is 3.84. The Balaban J connectivity index is 2.08. The molecule has 1 amide bonds. The number of aromatic nitrogens is 2. The number of carbonyl (C=O) groups is 1. The topological polar surface area (TPSA) is 54.9 Å². The maximum absolute atomic E-state index is 12.0. The minimum Gasteiger partial charge on any atom is -0.346 e. The molecule has 0 spiro atoms. The van der Waals surface area contributed by atoms with Crippen LogP contribution in [0.3, 0.4) is 0 Å². The molecule has 0 aromatic carbocycles. The Kier molecular flexibility index (Phi) is 3.89. The molecule has 0 aliphatic carbocycles. The first kappa shape index (κ1) is 12.5. The molecule has 0 aliphatic heterocycles. The van der Waals surface area contributed by atoms with Crippen molar-refractivity contribution in [1.29, 1.82) is 0 Å². The summed E-state index contributed by atoms with van der Waals surface area (Å²) < 4.78 is 0. The van der Waals surface area contributed by atoms with Crippen LogP contribution in [0.25, 0.3) is 0 Å². The lowest BCUT2D eigenvalue weighted by atomic mass is 10.1. The van der Waals surface area contributed by atoms with Crippen LogP contribution in [0.2, 0.25) is 5.15 Å². The van der Waals surface area contributed by atoms with E-state index in [1.165, 1.54) is 12.3 Å². The zero-order valence-corrected chi connectivity index (χ0v) is 10.6. The van der Waals surface area contributed by atoms with Crippen LogP contribution in [-0.4, -0.2) is 15.9 Å². The Morgan fingerprint density at radius 2 is 2.00 bits per heavy atom. The molecule has 92 valence electrons. The van der Waals surface area contributed by atoms with E-state index in [2.05, 4.69) is 15.3 Å².